The highest BCUT2D eigenvalue weighted by Crippen LogP contribution is 2.61. The van der Waals surface area contributed by atoms with Crippen molar-refractivity contribution in [2.75, 3.05) is 26.8 Å². The number of amides is 2. The van der Waals surface area contributed by atoms with E-state index >= 15 is 0 Å². The number of halogens is 1. The smallest absolute Gasteiger partial charge is 0.247 e. The minimum absolute atomic E-state index is 0.0680. The summed E-state index contributed by atoms with van der Waals surface area (Å²) in [4.78, 5) is 39.7. The normalized spacial score (nSPS) is 28.5. The van der Waals surface area contributed by atoms with Gasteiger partial charge in [0.25, 0.3) is 0 Å². The maximum Gasteiger partial charge on any atom is 0.247 e. The van der Waals surface area contributed by atoms with Crippen molar-refractivity contribution in [3.05, 3.63) is 32.9 Å². The lowest BCUT2D eigenvalue weighted by molar-refractivity contribution is -0.147. The van der Waals surface area contributed by atoms with Gasteiger partial charge in [0.1, 0.15) is 18.5 Å². The van der Waals surface area contributed by atoms with Crippen LogP contribution in [0.4, 0.5) is 0 Å². The van der Waals surface area contributed by atoms with Crippen LogP contribution in [0, 0.1) is 26.7 Å². The first kappa shape index (κ1) is 30.8. The van der Waals surface area contributed by atoms with Crippen molar-refractivity contribution in [1.82, 2.24) is 10.2 Å². The maximum absolute atomic E-state index is 13.4. The average Bonchev–Trinajstić information content (AvgIpc) is 2.95. The molecular formula is C30H41IN2O7. The highest BCUT2D eigenvalue weighted by atomic mass is 127. The van der Waals surface area contributed by atoms with E-state index in [9.17, 15) is 24.6 Å². The van der Waals surface area contributed by atoms with Crippen LogP contribution in [0.5, 0.6) is 11.5 Å². The van der Waals surface area contributed by atoms with Crippen LogP contribution in [-0.4, -0.2) is 78.3 Å². The van der Waals surface area contributed by atoms with Crippen LogP contribution < -0.4 is 14.8 Å². The molecule has 3 saturated carbocycles. The first-order valence-corrected chi connectivity index (χ1v) is 15.2. The van der Waals surface area contributed by atoms with Gasteiger partial charge in [-0.3, -0.25) is 14.4 Å². The zero-order valence-corrected chi connectivity index (χ0v) is 25.8. The second-order valence-electron chi connectivity index (χ2n) is 11.8. The topological polar surface area (TPSA) is 125 Å². The lowest BCUT2D eigenvalue weighted by Crippen LogP contribution is -2.59. The summed E-state index contributed by atoms with van der Waals surface area (Å²) < 4.78 is 12.4. The minimum atomic E-state index is -1.11. The van der Waals surface area contributed by atoms with Gasteiger partial charge in [0, 0.05) is 37.1 Å². The number of hydrogen-bond acceptors (Lipinski definition) is 7. The summed E-state index contributed by atoms with van der Waals surface area (Å²) in [5.74, 6) is 1.81. The summed E-state index contributed by atoms with van der Waals surface area (Å²) >= 11 is 2.04. The number of carbonyl (C=O) groups is 3. The third-order valence-corrected chi connectivity index (χ3v) is 10.1. The van der Waals surface area contributed by atoms with Crippen molar-refractivity contribution >= 4 is 40.7 Å². The molecule has 2 bridgehead atoms. The number of nitrogens with one attached hydrogen (secondary N) is 1. The highest BCUT2D eigenvalue weighted by Gasteiger charge is 2.55. The number of hydrogen-bond donors (Lipinski definition) is 3. The number of aliphatic hydroxyl groups is 2. The molecule has 6 atom stereocenters. The molecule has 0 radical (unpaired) electrons. The number of nitrogens with zero attached hydrogens (tertiary/aromatic N) is 1. The zero-order chi connectivity index (χ0) is 29.2. The molecule has 1 aromatic carbocycles. The van der Waals surface area contributed by atoms with Gasteiger partial charge in [-0.25, -0.2) is 0 Å². The van der Waals surface area contributed by atoms with Crippen LogP contribution in [0.2, 0.25) is 0 Å². The Hall–Kier alpha value is -2.18. The van der Waals surface area contributed by atoms with Crippen molar-refractivity contribution in [2.24, 2.45) is 23.2 Å². The van der Waals surface area contributed by atoms with E-state index in [1.54, 1.807) is 23.1 Å². The molecule has 0 aliphatic heterocycles. The molecule has 0 aromatic heterocycles. The van der Waals surface area contributed by atoms with Crippen LogP contribution in [0.1, 0.15) is 63.2 Å². The van der Waals surface area contributed by atoms with Crippen molar-refractivity contribution in [1.29, 1.82) is 0 Å². The molecule has 9 nitrogen and oxygen atoms in total. The summed E-state index contributed by atoms with van der Waals surface area (Å²) in [6.45, 7) is 6.87. The summed E-state index contributed by atoms with van der Waals surface area (Å²) in [6, 6.07) is 2.54. The summed E-state index contributed by atoms with van der Waals surface area (Å²) in [5.41, 5.74) is 1.05. The Morgan fingerprint density at radius 3 is 2.62 bits per heavy atom. The molecule has 0 spiro atoms. The van der Waals surface area contributed by atoms with Gasteiger partial charge in [-0.05, 0) is 83.2 Å². The average molecular weight is 669 g/mol. The molecule has 5 rings (SSSR count). The Bertz CT molecular complexity index is 1150. The second-order valence-corrected chi connectivity index (χ2v) is 12.9. The molecule has 40 heavy (non-hydrogen) atoms. The lowest BCUT2D eigenvalue weighted by atomic mass is 9.45. The fourth-order valence-electron chi connectivity index (χ4n) is 6.90. The number of rotatable bonds is 11. The van der Waals surface area contributed by atoms with E-state index in [0.29, 0.717) is 50.9 Å². The Morgan fingerprint density at radius 1 is 1.27 bits per heavy atom. The molecule has 2 amide bonds. The van der Waals surface area contributed by atoms with Gasteiger partial charge in [-0.1, -0.05) is 20.8 Å². The van der Waals surface area contributed by atoms with E-state index in [1.807, 2.05) is 29.5 Å². The number of ether oxygens (including phenoxy) is 2. The molecule has 0 saturated heterocycles. The van der Waals surface area contributed by atoms with Crippen LogP contribution >= 0.6 is 22.6 Å². The largest absolute Gasteiger partial charge is 0.493 e. The van der Waals surface area contributed by atoms with Crippen molar-refractivity contribution in [3.63, 3.8) is 0 Å². The molecule has 3 fully saturated rings. The zero-order valence-electron chi connectivity index (χ0n) is 23.7. The van der Waals surface area contributed by atoms with Crippen LogP contribution in [0.15, 0.2) is 23.8 Å². The Balaban J connectivity index is 1.67. The number of benzene rings is 1. The molecular weight excluding hydrogens is 627 g/mol. The van der Waals surface area contributed by atoms with E-state index in [0.717, 1.165) is 18.8 Å². The fraction of sp³-hybridized carbons (Fsp3) is 0.633. The third-order valence-electron chi connectivity index (χ3n) is 9.31. The predicted molar refractivity (Wildman–Crippen MR) is 158 cm³/mol. The van der Waals surface area contributed by atoms with Crippen LogP contribution in [-0.2, 0) is 9.59 Å². The standard InChI is InChI=1S/C30H41IN2O7/c1-5-26(36)33(15-18-6-7-20-14-21(18)30(20,2)3)23-12-19(29(38)32-8-9-34)13-24(27(23)37)40-28-22(31)10-17(16-35)11-25(28)39-4/h10-11,13,16,18,20-21,23-24,27,34,37H,5-9,12,14-15H2,1-4H3,(H,32,38). The molecule has 0 heterocycles. The molecule has 10 heteroatoms. The minimum Gasteiger partial charge on any atom is -0.493 e. The SMILES string of the molecule is CCC(=O)N(CC1CCC2CC1C2(C)C)C1CC(C(=O)NCCO)=CC(Oc2c(I)cc(C=O)cc2OC)C1O. The quantitative estimate of drug-likeness (QED) is 0.244. The van der Waals surface area contributed by atoms with Gasteiger partial charge in [0.2, 0.25) is 11.8 Å². The fourth-order valence-corrected chi connectivity index (χ4v) is 7.65. The highest BCUT2D eigenvalue weighted by molar-refractivity contribution is 14.1. The van der Waals surface area contributed by atoms with Crippen molar-refractivity contribution in [3.8, 4) is 11.5 Å². The maximum atomic E-state index is 13.4. The molecule has 6 unspecified atom stereocenters. The number of fused-ring (bicyclic) bond motifs is 2. The number of aldehydes is 1. The van der Waals surface area contributed by atoms with E-state index in [1.165, 1.54) is 13.5 Å². The third kappa shape index (κ3) is 6.04. The Kier molecular flexibility index (Phi) is 9.82. The van der Waals surface area contributed by atoms with Crippen molar-refractivity contribution in [2.45, 2.75) is 71.1 Å². The number of carbonyl (C=O) groups excluding carboxylic acids is 3. The monoisotopic (exact) mass is 668 g/mol. The van der Waals surface area contributed by atoms with Gasteiger partial charge in [0.15, 0.2) is 11.5 Å². The molecule has 4 aliphatic rings. The Labute approximate surface area is 249 Å². The van der Waals surface area contributed by atoms with E-state index in [-0.39, 0.29) is 43.2 Å². The van der Waals surface area contributed by atoms with E-state index < -0.39 is 18.2 Å². The van der Waals surface area contributed by atoms with Crippen LogP contribution in [0.25, 0.3) is 0 Å². The number of aliphatic hydroxyl groups excluding tert-OH is 2. The predicted octanol–water partition coefficient (Wildman–Crippen LogP) is 3.34. The molecule has 220 valence electrons. The van der Waals surface area contributed by atoms with Gasteiger partial charge in [-0.2, -0.15) is 0 Å². The van der Waals surface area contributed by atoms with E-state index in [2.05, 4.69) is 19.2 Å². The van der Waals surface area contributed by atoms with Crippen molar-refractivity contribution < 1.29 is 34.1 Å². The molecule has 1 aromatic rings. The van der Waals surface area contributed by atoms with Gasteiger partial charge in [0.05, 0.1) is 23.3 Å². The first-order valence-electron chi connectivity index (χ1n) is 14.1. The summed E-state index contributed by atoms with van der Waals surface area (Å²) in [6.07, 6.45) is 4.06. The second kappa shape index (κ2) is 12.8. The van der Waals surface area contributed by atoms with Gasteiger partial charge >= 0.3 is 0 Å². The van der Waals surface area contributed by atoms with Gasteiger partial charge < -0.3 is 29.9 Å². The number of methoxy groups -OCH3 is 1. The summed E-state index contributed by atoms with van der Waals surface area (Å²) in [5, 5.41) is 23.6. The van der Waals surface area contributed by atoms with E-state index in [4.69, 9.17) is 9.47 Å². The Morgan fingerprint density at radius 2 is 2.02 bits per heavy atom. The van der Waals surface area contributed by atoms with Crippen LogP contribution in [0.3, 0.4) is 0 Å². The summed E-state index contributed by atoms with van der Waals surface area (Å²) in [7, 11) is 1.47. The van der Waals surface area contributed by atoms with Gasteiger partial charge in [-0.15, -0.1) is 0 Å². The molecule has 4 aliphatic carbocycles. The lowest BCUT2D eigenvalue weighted by Gasteiger charge is -2.61. The first-order chi connectivity index (χ1) is 19.0. The molecule has 3 N–H and O–H groups in total.